The van der Waals surface area contributed by atoms with Crippen LogP contribution in [0.4, 0.5) is 4.79 Å². The van der Waals surface area contributed by atoms with Crippen LogP contribution in [-0.2, 0) is 24.0 Å². The summed E-state index contributed by atoms with van der Waals surface area (Å²) in [5.74, 6) is -1.36. The van der Waals surface area contributed by atoms with E-state index in [9.17, 15) is 28.8 Å². The Labute approximate surface area is 257 Å². The van der Waals surface area contributed by atoms with E-state index >= 15 is 0 Å². The first-order valence-electron chi connectivity index (χ1n) is 14.9. The zero-order valence-electron chi connectivity index (χ0n) is 24.5. The molecule has 0 spiro atoms. The normalized spacial score (nSPS) is 20.5. The van der Waals surface area contributed by atoms with Crippen LogP contribution >= 0.6 is 30.2 Å². The molecule has 0 aromatic carbocycles. The van der Waals surface area contributed by atoms with Gasteiger partial charge in [-0.1, -0.05) is 19.3 Å². The van der Waals surface area contributed by atoms with Crippen molar-refractivity contribution in [1.82, 2.24) is 31.9 Å². The molecule has 0 radical (unpaired) electrons. The average molecular weight is 647 g/mol. The van der Waals surface area contributed by atoms with Gasteiger partial charge in [-0.05, 0) is 45.4 Å². The average Bonchev–Trinajstić information content (AvgIpc) is 3.49. The maximum atomic E-state index is 12.1. The molecule has 2 rings (SSSR count). The summed E-state index contributed by atoms with van der Waals surface area (Å²) in [5, 5.41) is 17.3. The Morgan fingerprint density at radius 3 is 1.95 bits per heavy atom. The van der Waals surface area contributed by atoms with E-state index in [2.05, 4.69) is 50.4 Å². The van der Waals surface area contributed by atoms with Gasteiger partial charge in [0, 0.05) is 43.4 Å². The zero-order valence-corrected chi connectivity index (χ0v) is 27.6. The fourth-order valence-corrected chi connectivity index (χ4v) is 6.73. The summed E-state index contributed by atoms with van der Waals surface area (Å²) >= 11 is 1.89. The standard InChI is InChI=1S/C27H48N6O6P2S/c1-17(34)25(40)33-24(38)26(41)31-22(37)13-5-3-9-15-28-20(35)11-4-2-8-14-29-21(36)12-7-6-10-19-23-18(16-42-19)30-27(39)32-23/h18-19,23,25-26H,2-16,40-41H2,1H3,(H,28,35)(H,29,36)(H,31,37)(H,33,38)(H2,30,32,39). The van der Waals surface area contributed by atoms with Crippen LogP contribution in [-0.4, -0.2) is 83.2 Å². The van der Waals surface area contributed by atoms with Crippen molar-refractivity contribution in [2.45, 2.75) is 113 Å². The van der Waals surface area contributed by atoms with Crippen molar-refractivity contribution in [3.05, 3.63) is 0 Å². The smallest absolute Gasteiger partial charge is 0.315 e. The molecule has 7 unspecified atom stereocenters. The molecule has 2 fully saturated rings. The Hall–Kier alpha value is -1.97. The van der Waals surface area contributed by atoms with E-state index in [1.807, 2.05) is 11.8 Å². The third-order valence-electron chi connectivity index (χ3n) is 7.22. The summed E-state index contributed by atoms with van der Waals surface area (Å²) < 4.78 is 0. The van der Waals surface area contributed by atoms with E-state index in [1.165, 1.54) is 6.92 Å². The number of unbranched alkanes of at least 4 members (excludes halogenated alkanes) is 5. The maximum absolute atomic E-state index is 12.1. The zero-order chi connectivity index (χ0) is 30.9. The molecule has 7 atom stereocenters. The highest BCUT2D eigenvalue weighted by Gasteiger charge is 2.42. The molecule has 0 saturated carbocycles. The molecule has 12 nitrogen and oxygen atoms in total. The number of amides is 6. The second-order valence-corrected chi connectivity index (χ2v) is 13.4. The van der Waals surface area contributed by atoms with E-state index < -0.39 is 17.5 Å². The summed E-state index contributed by atoms with van der Waals surface area (Å²) in [7, 11) is 4.49. The van der Waals surface area contributed by atoms with Crippen LogP contribution in [0.2, 0.25) is 0 Å². The van der Waals surface area contributed by atoms with Crippen molar-refractivity contribution in [3.8, 4) is 0 Å². The van der Waals surface area contributed by atoms with Gasteiger partial charge >= 0.3 is 6.03 Å². The van der Waals surface area contributed by atoms with Crippen molar-refractivity contribution in [1.29, 1.82) is 0 Å². The summed E-state index contributed by atoms with van der Waals surface area (Å²) in [5.41, 5.74) is 0. The van der Waals surface area contributed by atoms with Gasteiger partial charge in [0.2, 0.25) is 23.6 Å². The van der Waals surface area contributed by atoms with Gasteiger partial charge in [0.15, 0.2) is 5.78 Å². The molecule has 2 heterocycles. The number of Topliss-reactive ketones (excluding diaryl/α,β-unsaturated/α-hetero) is 1. The van der Waals surface area contributed by atoms with E-state index in [0.29, 0.717) is 37.6 Å². The van der Waals surface area contributed by atoms with Crippen LogP contribution in [0.25, 0.3) is 0 Å². The van der Waals surface area contributed by atoms with Crippen LogP contribution in [0.1, 0.15) is 84.0 Å². The van der Waals surface area contributed by atoms with Gasteiger partial charge in [-0.2, -0.15) is 11.8 Å². The first-order chi connectivity index (χ1) is 20.1. The number of rotatable bonds is 21. The lowest BCUT2D eigenvalue weighted by molar-refractivity contribution is -0.128. The fraction of sp³-hybridized carbons (Fsp3) is 0.778. The lowest BCUT2D eigenvalue weighted by Crippen LogP contribution is -2.46. The number of carbonyl (C=O) groups is 6. The molecule has 15 heteroatoms. The molecule has 238 valence electrons. The van der Waals surface area contributed by atoms with Crippen LogP contribution in [0.3, 0.4) is 0 Å². The minimum atomic E-state index is -0.808. The number of hydrogen-bond acceptors (Lipinski definition) is 7. The monoisotopic (exact) mass is 646 g/mol. The molecular formula is C27H48N6O6P2S. The predicted molar refractivity (Wildman–Crippen MR) is 171 cm³/mol. The van der Waals surface area contributed by atoms with E-state index in [1.54, 1.807) is 0 Å². The predicted octanol–water partition coefficient (Wildman–Crippen LogP) is 1.29. The second-order valence-electron chi connectivity index (χ2n) is 10.8. The Morgan fingerprint density at radius 1 is 0.786 bits per heavy atom. The molecule has 2 saturated heterocycles. The number of urea groups is 1. The second kappa shape index (κ2) is 20.1. The number of carbonyl (C=O) groups excluding carboxylic acids is 6. The van der Waals surface area contributed by atoms with E-state index in [-0.39, 0.29) is 48.0 Å². The Bertz CT molecular complexity index is 945. The number of fused-ring (bicyclic) bond motifs is 1. The van der Waals surface area contributed by atoms with Gasteiger partial charge in [-0.3, -0.25) is 24.0 Å². The lowest BCUT2D eigenvalue weighted by Gasteiger charge is -2.16. The Balaban J connectivity index is 1.36. The van der Waals surface area contributed by atoms with Gasteiger partial charge < -0.3 is 31.9 Å². The molecule has 2 aliphatic heterocycles. The van der Waals surface area contributed by atoms with Gasteiger partial charge in [-0.25, -0.2) is 4.79 Å². The van der Waals surface area contributed by atoms with Crippen LogP contribution < -0.4 is 31.9 Å². The minimum Gasteiger partial charge on any atom is -0.356 e. The first kappa shape index (κ1) is 36.2. The molecule has 0 aliphatic carbocycles. The molecular weight excluding hydrogens is 598 g/mol. The number of ketones is 1. The molecule has 0 aromatic rings. The first-order valence-corrected chi connectivity index (χ1v) is 17.3. The Kier molecular flexibility index (Phi) is 17.3. The van der Waals surface area contributed by atoms with Crippen molar-refractivity contribution < 1.29 is 28.8 Å². The summed E-state index contributed by atoms with van der Waals surface area (Å²) in [6, 6.07) is 0.381. The largest absolute Gasteiger partial charge is 0.356 e. The molecule has 0 aromatic heterocycles. The highest BCUT2D eigenvalue weighted by Crippen LogP contribution is 2.33. The Morgan fingerprint density at radius 2 is 1.36 bits per heavy atom. The molecule has 0 bridgehead atoms. The highest BCUT2D eigenvalue weighted by atomic mass is 32.2. The molecule has 2 aliphatic rings. The lowest BCUT2D eigenvalue weighted by atomic mass is 10.0. The third kappa shape index (κ3) is 14.5. The van der Waals surface area contributed by atoms with Crippen LogP contribution in [0, 0.1) is 0 Å². The maximum Gasteiger partial charge on any atom is 0.315 e. The van der Waals surface area contributed by atoms with Crippen LogP contribution in [0.5, 0.6) is 0 Å². The SMILES string of the molecule is CC(=O)C(P)NC(=O)C(P)NC(=O)CCCCCNC(=O)CCCCCNC(=O)CCCCC1SCC2NC(=O)NC21. The summed E-state index contributed by atoms with van der Waals surface area (Å²) in [6.45, 7) is 2.54. The highest BCUT2D eigenvalue weighted by molar-refractivity contribution is 8.00. The van der Waals surface area contributed by atoms with Gasteiger partial charge in [0.05, 0.1) is 12.1 Å². The van der Waals surface area contributed by atoms with Crippen molar-refractivity contribution in [2.75, 3.05) is 18.8 Å². The van der Waals surface area contributed by atoms with Crippen molar-refractivity contribution in [3.63, 3.8) is 0 Å². The van der Waals surface area contributed by atoms with Gasteiger partial charge in [0.25, 0.3) is 0 Å². The van der Waals surface area contributed by atoms with Gasteiger partial charge in [0.1, 0.15) is 11.6 Å². The summed E-state index contributed by atoms with van der Waals surface area (Å²) in [4.78, 5) is 70.7. The number of hydrogen-bond donors (Lipinski definition) is 6. The van der Waals surface area contributed by atoms with Gasteiger partial charge in [-0.15, -0.1) is 18.5 Å². The fourth-order valence-electron chi connectivity index (χ4n) is 4.74. The number of nitrogens with one attached hydrogen (secondary N) is 6. The molecule has 6 amide bonds. The molecule has 6 N–H and O–H groups in total. The number of thioether (sulfide) groups is 1. The van der Waals surface area contributed by atoms with E-state index in [4.69, 9.17) is 0 Å². The van der Waals surface area contributed by atoms with Crippen molar-refractivity contribution >= 4 is 65.7 Å². The quantitative estimate of drug-likeness (QED) is 0.0619. The van der Waals surface area contributed by atoms with Crippen molar-refractivity contribution in [2.24, 2.45) is 0 Å². The minimum absolute atomic E-state index is 0.00583. The molecule has 42 heavy (non-hydrogen) atoms. The summed E-state index contributed by atoms with van der Waals surface area (Å²) in [6.07, 6.45) is 8.70. The topological polar surface area (TPSA) is 175 Å². The van der Waals surface area contributed by atoms with Crippen LogP contribution in [0.15, 0.2) is 0 Å². The third-order valence-corrected chi connectivity index (χ3v) is 9.84. The van der Waals surface area contributed by atoms with E-state index in [0.717, 1.165) is 57.1 Å².